The molecule has 49 heavy (non-hydrogen) atoms. The first kappa shape index (κ1) is 35.9. The molecule has 2 amide bonds. The monoisotopic (exact) mass is 679 g/mol. The van der Waals surface area contributed by atoms with E-state index in [1.807, 2.05) is 80.6 Å². The van der Waals surface area contributed by atoms with Gasteiger partial charge in [-0.3, -0.25) is 13.9 Å². The third-order valence-corrected chi connectivity index (χ3v) is 11.3. The summed E-state index contributed by atoms with van der Waals surface area (Å²) in [6, 6.07) is 30.7. The summed E-state index contributed by atoms with van der Waals surface area (Å²) < 4.78 is 29.9. The van der Waals surface area contributed by atoms with Crippen LogP contribution in [0.3, 0.4) is 0 Å². The number of sulfonamides is 1. The van der Waals surface area contributed by atoms with Crippen molar-refractivity contribution in [2.45, 2.75) is 95.7 Å². The summed E-state index contributed by atoms with van der Waals surface area (Å²) >= 11 is 0. The van der Waals surface area contributed by atoms with E-state index < -0.39 is 28.5 Å². The molecule has 4 aromatic rings. The van der Waals surface area contributed by atoms with E-state index in [0.29, 0.717) is 12.1 Å². The Balaban J connectivity index is 1.57. The lowest BCUT2D eigenvalue weighted by Crippen LogP contribution is -2.55. The van der Waals surface area contributed by atoms with Crippen molar-refractivity contribution in [3.05, 3.63) is 131 Å². The molecule has 1 saturated carbocycles. The average Bonchev–Trinajstić information content (AvgIpc) is 3.10. The summed E-state index contributed by atoms with van der Waals surface area (Å²) in [6.45, 7) is 7.73. The number of nitrogens with one attached hydrogen (secondary N) is 1. The number of benzene rings is 4. The van der Waals surface area contributed by atoms with Crippen molar-refractivity contribution in [1.29, 1.82) is 0 Å². The summed E-state index contributed by atoms with van der Waals surface area (Å²) in [5, 5.41) is 3.27. The number of nitrogens with zero attached hydrogens (tertiary/aromatic N) is 2. The highest BCUT2D eigenvalue weighted by Gasteiger charge is 2.35. The highest BCUT2D eigenvalue weighted by molar-refractivity contribution is 7.92. The lowest BCUT2D eigenvalue weighted by atomic mass is 9.94. The fourth-order valence-electron chi connectivity index (χ4n) is 6.46. The summed E-state index contributed by atoms with van der Waals surface area (Å²) in [5.41, 5.74) is 5.18. The third-order valence-electron chi connectivity index (χ3n) is 9.56. The molecule has 4 aromatic carbocycles. The van der Waals surface area contributed by atoms with Gasteiger partial charge < -0.3 is 10.2 Å². The predicted molar refractivity (Wildman–Crippen MR) is 197 cm³/mol. The van der Waals surface area contributed by atoms with Gasteiger partial charge in [0, 0.05) is 19.0 Å². The summed E-state index contributed by atoms with van der Waals surface area (Å²) in [5.74, 6) is -0.414. The van der Waals surface area contributed by atoms with Crippen LogP contribution in [0, 0.1) is 13.8 Å². The van der Waals surface area contributed by atoms with Crippen molar-refractivity contribution < 1.29 is 18.0 Å². The molecule has 7 nitrogen and oxygen atoms in total. The molecule has 258 valence electrons. The maximum Gasteiger partial charge on any atom is 0.264 e. The third kappa shape index (κ3) is 9.18. The second-order valence-electron chi connectivity index (χ2n) is 13.6. The first-order chi connectivity index (χ1) is 23.5. The Hall–Kier alpha value is -4.43. The normalized spacial score (nSPS) is 14.3. The quantitative estimate of drug-likeness (QED) is 0.157. The molecule has 0 unspecified atom stereocenters. The highest BCUT2D eigenvalue weighted by Crippen LogP contribution is 2.28. The van der Waals surface area contributed by atoms with Crippen molar-refractivity contribution >= 4 is 27.5 Å². The molecule has 8 heteroatoms. The fourth-order valence-corrected chi connectivity index (χ4v) is 7.88. The van der Waals surface area contributed by atoms with Gasteiger partial charge in [0.15, 0.2) is 0 Å². The smallest absolute Gasteiger partial charge is 0.264 e. The van der Waals surface area contributed by atoms with Crippen molar-refractivity contribution in [1.82, 2.24) is 10.2 Å². The summed E-state index contributed by atoms with van der Waals surface area (Å²) in [7, 11) is -4.16. The number of carbonyl (C=O) groups excluding carboxylic acids is 2. The summed E-state index contributed by atoms with van der Waals surface area (Å²) in [6.07, 6.45) is 5.38. The lowest BCUT2D eigenvalue weighted by Gasteiger charge is -2.35. The van der Waals surface area contributed by atoms with Crippen molar-refractivity contribution in [2.24, 2.45) is 0 Å². The molecular formula is C41H49N3O4S. The standard InChI is InChI=1S/C41H49N3O4S/c1-30(2)34-21-23-37(24-22-34)44(49(47,48)38-25-19-31(3)20-26-38)29-40(45)43(28-35-16-12-11-13-32(35)4)39(27-33-14-7-5-8-15-33)41(46)42-36-17-9-6-10-18-36/h5,7-8,11-16,19-26,30,36,39H,6,9-10,17-18,27-29H2,1-4H3,(H,42,46)/t39-/m1/s1. The molecule has 0 spiro atoms. The first-order valence-corrected chi connectivity index (χ1v) is 18.8. The Morgan fingerprint density at radius 3 is 2.06 bits per heavy atom. The van der Waals surface area contributed by atoms with Crippen LogP contribution in [0.15, 0.2) is 108 Å². The van der Waals surface area contributed by atoms with Gasteiger partial charge in [0.2, 0.25) is 11.8 Å². The zero-order valence-corrected chi connectivity index (χ0v) is 30.0. The molecule has 0 bridgehead atoms. The van der Waals surface area contributed by atoms with E-state index >= 15 is 0 Å². The van der Waals surface area contributed by atoms with E-state index in [1.165, 1.54) is 4.31 Å². The molecule has 1 N–H and O–H groups in total. The van der Waals surface area contributed by atoms with Crippen LogP contribution in [0.1, 0.15) is 79.7 Å². The minimum Gasteiger partial charge on any atom is -0.352 e. The van der Waals surface area contributed by atoms with Crippen molar-refractivity contribution in [2.75, 3.05) is 10.8 Å². The highest BCUT2D eigenvalue weighted by atomic mass is 32.2. The van der Waals surface area contributed by atoms with Crippen LogP contribution in [-0.4, -0.2) is 43.8 Å². The van der Waals surface area contributed by atoms with Crippen LogP contribution >= 0.6 is 0 Å². The number of hydrogen-bond acceptors (Lipinski definition) is 4. The SMILES string of the molecule is Cc1ccc(S(=O)(=O)N(CC(=O)N(Cc2ccccc2C)[C@H](Cc2ccccc2)C(=O)NC2CCCCC2)c2ccc(C(C)C)cc2)cc1. The van der Waals surface area contributed by atoms with Gasteiger partial charge in [-0.1, -0.05) is 118 Å². The zero-order chi connectivity index (χ0) is 35.0. The second kappa shape index (κ2) is 16.3. The van der Waals surface area contributed by atoms with Gasteiger partial charge in [-0.25, -0.2) is 8.42 Å². The largest absolute Gasteiger partial charge is 0.352 e. The molecule has 1 atom stereocenters. The molecule has 1 fully saturated rings. The number of anilines is 1. The Labute approximate surface area is 292 Å². The van der Waals surface area contributed by atoms with Gasteiger partial charge in [0.25, 0.3) is 10.0 Å². The van der Waals surface area contributed by atoms with Gasteiger partial charge in [-0.05, 0) is 79.1 Å². The average molecular weight is 680 g/mol. The first-order valence-electron chi connectivity index (χ1n) is 17.4. The number of hydrogen-bond donors (Lipinski definition) is 1. The van der Waals surface area contributed by atoms with Gasteiger partial charge >= 0.3 is 0 Å². The van der Waals surface area contributed by atoms with Crippen LogP contribution in [-0.2, 0) is 32.6 Å². The number of carbonyl (C=O) groups is 2. The zero-order valence-electron chi connectivity index (χ0n) is 29.1. The molecular weight excluding hydrogens is 631 g/mol. The lowest BCUT2D eigenvalue weighted by molar-refractivity contribution is -0.140. The molecule has 0 radical (unpaired) electrons. The fraction of sp³-hybridized carbons (Fsp3) is 0.366. The Morgan fingerprint density at radius 1 is 0.796 bits per heavy atom. The molecule has 0 aliphatic heterocycles. The van der Waals surface area contributed by atoms with Crippen LogP contribution < -0.4 is 9.62 Å². The minimum atomic E-state index is -4.16. The van der Waals surface area contributed by atoms with Crippen LogP contribution in [0.25, 0.3) is 0 Å². The molecule has 1 aliphatic carbocycles. The maximum absolute atomic E-state index is 14.8. The number of aryl methyl sites for hydroxylation is 2. The van der Waals surface area contributed by atoms with E-state index in [4.69, 9.17) is 0 Å². The van der Waals surface area contributed by atoms with E-state index in [2.05, 4.69) is 19.2 Å². The summed E-state index contributed by atoms with van der Waals surface area (Å²) in [4.78, 5) is 30.8. The predicted octanol–water partition coefficient (Wildman–Crippen LogP) is 7.71. The van der Waals surface area contributed by atoms with Gasteiger partial charge in [0.05, 0.1) is 10.6 Å². The Kier molecular flexibility index (Phi) is 11.9. The Bertz CT molecular complexity index is 1800. The van der Waals surface area contributed by atoms with Gasteiger partial charge in [-0.2, -0.15) is 0 Å². The van der Waals surface area contributed by atoms with Crippen molar-refractivity contribution in [3.63, 3.8) is 0 Å². The van der Waals surface area contributed by atoms with Crippen molar-refractivity contribution in [3.8, 4) is 0 Å². The molecule has 5 rings (SSSR count). The number of amides is 2. The number of rotatable bonds is 13. The maximum atomic E-state index is 14.8. The van der Waals surface area contributed by atoms with E-state index in [1.54, 1.807) is 41.3 Å². The molecule has 1 aliphatic rings. The Morgan fingerprint density at radius 2 is 1.43 bits per heavy atom. The second-order valence-corrected chi connectivity index (χ2v) is 15.4. The van der Waals surface area contributed by atoms with Crippen LogP contribution in [0.2, 0.25) is 0 Å². The van der Waals surface area contributed by atoms with E-state index in [0.717, 1.165) is 59.9 Å². The van der Waals surface area contributed by atoms with Crippen LogP contribution in [0.5, 0.6) is 0 Å². The van der Waals surface area contributed by atoms with Gasteiger partial charge in [-0.15, -0.1) is 0 Å². The molecule has 0 saturated heterocycles. The molecule has 0 heterocycles. The van der Waals surface area contributed by atoms with E-state index in [9.17, 15) is 18.0 Å². The topological polar surface area (TPSA) is 86.8 Å². The molecule has 0 aromatic heterocycles. The van der Waals surface area contributed by atoms with E-state index in [-0.39, 0.29) is 29.3 Å². The van der Waals surface area contributed by atoms with Crippen LogP contribution in [0.4, 0.5) is 5.69 Å². The van der Waals surface area contributed by atoms with Gasteiger partial charge in [0.1, 0.15) is 12.6 Å². The minimum absolute atomic E-state index is 0.0489.